The minimum absolute atomic E-state index is 0.431. The molecule has 0 amide bonds. The quantitative estimate of drug-likeness (QED) is 0.715. The van der Waals surface area contributed by atoms with Gasteiger partial charge in [0.15, 0.2) is 0 Å². The SMILES string of the molecule is CNC(COCCOC)CC1Cc2ccccc21. The molecule has 0 radical (unpaired) electrons. The summed E-state index contributed by atoms with van der Waals surface area (Å²) in [5, 5.41) is 3.34. The number of benzene rings is 1. The highest BCUT2D eigenvalue weighted by Gasteiger charge is 2.27. The van der Waals surface area contributed by atoms with Crippen molar-refractivity contribution in [1.82, 2.24) is 5.32 Å². The van der Waals surface area contributed by atoms with E-state index in [4.69, 9.17) is 9.47 Å². The Hall–Kier alpha value is -0.900. The molecule has 3 heteroatoms. The number of likely N-dealkylation sites (N-methyl/N-ethyl adjacent to an activating group) is 1. The second-order valence-corrected chi connectivity index (χ2v) is 4.89. The fraction of sp³-hybridized carbons (Fsp3) is 0.600. The van der Waals surface area contributed by atoms with Crippen molar-refractivity contribution in [2.75, 3.05) is 34.0 Å². The molecule has 2 unspecified atom stereocenters. The lowest BCUT2D eigenvalue weighted by Crippen LogP contribution is -2.35. The number of hydrogen-bond donors (Lipinski definition) is 1. The van der Waals surface area contributed by atoms with E-state index >= 15 is 0 Å². The molecule has 0 spiro atoms. The Morgan fingerprint density at radius 2 is 2.17 bits per heavy atom. The van der Waals surface area contributed by atoms with Crippen molar-refractivity contribution in [3.63, 3.8) is 0 Å². The van der Waals surface area contributed by atoms with Gasteiger partial charge in [0.05, 0.1) is 19.8 Å². The maximum atomic E-state index is 5.60. The summed E-state index contributed by atoms with van der Waals surface area (Å²) in [6, 6.07) is 9.17. The lowest BCUT2D eigenvalue weighted by molar-refractivity contribution is 0.0572. The van der Waals surface area contributed by atoms with Crippen LogP contribution < -0.4 is 5.32 Å². The number of rotatable bonds is 8. The smallest absolute Gasteiger partial charge is 0.0701 e. The molecule has 0 aromatic heterocycles. The maximum Gasteiger partial charge on any atom is 0.0701 e. The molecule has 1 N–H and O–H groups in total. The van der Waals surface area contributed by atoms with Crippen molar-refractivity contribution < 1.29 is 9.47 Å². The normalized spacial score (nSPS) is 19.1. The predicted octanol–water partition coefficient (Wildman–Crippen LogP) is 1.97. The Bertz CT molecular complexity index is 367. The van der Waals surface area contributed by atoms with E-state index in [1.54, 1.807) is 7.11 Å². The summed E-state index contributed by atoms with van der Waals surface area (Å²) in [4.78, 5) is 0. The molecule has 0 bridgehead atoms. The number of ether oxygens (including phenoxy) is 2. The molecule has 0 aliphatic heterocycles. The van der Waals surface area contributed by atoms with Gasteiger partial charge < -0.3 is 14.8 Å². The molecule has 100 valence electrons. The predicted molar refractivity (Wildman–Crippen MR) is 73.0 cm³/mol. The Kier molecular flexibility index (Phi) is 5.17. The first-order valence-corrected chi connectivity index (χ1v) is 6.67. The van der Waals surface area contributed by atoms with E-state index in [1.807, 2.05) is 7.05 Å². The molecular formula is C15H23NO2. The molecule has 0 saturated heterocycles. The van der Waals surface area contributed by atoms with Gasteiger partial charge in [0.1, 0.15) is 0 Å². The van der Waals surface area contributed by atoms with Crippen LogP contribution in [0.3, 0.4) is 0 Å². The molecule has 1 aromatic rings. The van der Waals surface area contributed by atoms with Crippen LogP contribution in [-0.4, -0.2) is 40.0 Å². The average Bonchev–Trinajstić information content (AvgIpc) is 2.38. The van der Waals surface area contributed by atoms with Gasteiger partial charge in [0.2, 0.25) is 0 Å². The van der Waals surface area contributed by atoms with Crippen LogP contribution in [0.1, 0.15) is 23.5 Å². The Morgan fingerprint density at radius 1 is 1.33 bits per heavy atom. The number of nitrogens with one attached hydrogen (secondary N) is 1. The molecule has 0 saturated carbocycles. The van der Waals surface area contributed by atoms with E-state index in [-0.39, 0.29) is 0 Å². The average molecular weight is 249 g/mol. The summed E-state index contributed by atoms with van der Waals surface area (Å²) in [6.07, 6.45) is 2.37. The molecule has 18 heavy (non-hydrogen) atoms. The van der Waals surface area contributed by atoms with Gasteiger partial charge in [-0.1, -0.05) is 24.3 Å². The van der Waals surface area contributed by atoms with E-state index in [9.17, 15) is 0 Å². The highest BCUT2D eigenvalue weighted by molar-refractivity contribution is 5.39. The maximum absolute atomic E-state index is 5.60. The topological polar surface area (TPSA) is 30.5 Å². The van der Waals surface area contributed by atoms with Gasteiger partial charge in [0, 0.05) is 13.2 Å². The monoisotopic (exact) mass is 249 g/mol. The molecule has 3 nitrogen and oxygen atoms in total. The van der Waals surface area contributed by atoms with Crippen LogP contribution in [0.25, 0.3) is 0 Å². The second-order valence-electron chi connectivity index (χ2n) is 4.89. The van der Waals surface area contributed by atoms with Crippen LogP contribution in [0, 0.1) is 0 Å². The van der Waals surface area contributed by atoms with Gasteiger partial charge >= 0.3 is 0 Å². The molecular weight excluding hydrogens is 226 g/mol. The first-order valence-electron chi connectivity index (χ1n) is 6.67. The van der Waals surface area contributed by atoms with Crippen molar-refractivity contribution in [3.05, 3.63) is 35.4 Å². The van der Waals surface area contributed by atoms with Crippen molar-refractivity contribution in [2.45, 2.75) is 24.8 Å². The largest absolute Gasteiger partial charge is 0.382 e. The van der Waals surface area contributed by atoms with Gasteiger partial charge in [-0.15, -0.1) is 0 Å². The van der Waals surface area contributed by atoms with E-state index in [0.29, 0.717) is 25.2 Å². The molecule has 2 rings (SSSR count). The van der Waals surface area contributed by atoms with Crippen LogP contribution in [0.4, 0.5) is 0 Å². The Morgan fingerprint density at radius 3 is 2.89 bits per heavy atom. The molecule has 1 aliphatic carbocycles. The van der Waals surface area contributed by atoms with Crippen LogP contribution in [0.2, 0.25) is 0 Å². The minimum Gasteiger partial charge on any atom is -0.382 e. The summed E-state index contributed by atoms with van der Waals surface area (Å²) in [6.45, 7) is 2.11. The fourth-order valence-electron chi connectivity index (χ4n) is 2.55. The summed E-state index contributed by atoms with van der Waals surface area (Å²) in [5.41, 5.74) is 3.03. The lowest BCUT2D eigenvalue weighted by Gasteiger charge is -2.33. The van der Waals surface area contributed by atoms with Gasteiger partial charge in [-0.3, -0.25) is 0 Å². The van der Waals surface area contributed by atoms with Crippen LogP contribution in [0.5, 0.6) is 0 Å². The lowest BCUT2D eigenvalue weighted by atomic mass is 9.74. The Balaban J connectivity index is 1.75. The zero-order valence-electron chi connectivity index (χ0n) is 11.3. The first kappa shape index (κ1) is 13.5. The van der Waals surface area contributed by atoms with Crippen LogP contribution >= 0.6 is 0 Å². The van der Waals surface area contributed by atoms with Crippen molar-refractivity contribution >= 4 is 0 Å². The van der Waals surface area contributed by atoms with Gasteiger partial charge in [-0.05, 0) is 36.9 Å². The Labute approximate surface area is 109 Å². The van der Waals surface area contributed by atoms with E-state index in [2.05, 4.69) is 29.6 Å². The third kappa shape index (κ3) is 3.31. The van der Waals surface area contributed by atoms with Crippen LogP contribution in [-0.2, 0) is 15.9 Å². The minimum atomic E-state index is 0.431. The summed E-state index contributed by atoms with van der Waals surface area (Å²) >= 11 is 0. The standard InChI is InChI=1S/C15H23NO2/c1-16-14(11-18-8-7-17-2)10-13-9-12-5-3-4-6-15(12)13/h3-6,13-14,16H,7-11H2,1-2H3. The van der Waals surface area contributed by atoms with Gasteiger partial charge in [0.25, 0.3) is 0 Å². The first-order chi connectivity index (χ1) is 8.85. The van der Waals surface area contributed by atoms with E-state index in [0.717, 1.165) is 13.0 Å². The summed E-state index contributed by atoms with van der Waals surface area (Å²) in [5.74, 6) is 0.699. The van der Waals surface area contributed by atoms with Gasteiger partial charge in [-0.2, -0.15) is 0 Å². The molecule has 2 atom stereocenters. The summed E-state index contributed by atoms with van der Waals surface area (Å²) < 4.78 is 10.6. The highest BCUT2D eigenvalue weighted by atomic mass is 16.5. The second kappa shape index (κ2) is 6.88. The van der Waals surface area contributed by atoms with Crippen molar-refractivity contribution in [2.24, 2.45) is 0 Å². The third-order valence-electron chi connectivity index (χ3n) is 3.69. The van der Waals surface area contributed by atoms with Crippen molar-refractivity contribution in [3.8, 4) is 0 Å². The third-order valence-corrected chi connectivity index (χ3v) is 3.69. The molecule has 0 heterocycles. The molecule has 0 fully saturated rings. The number of hydrogen-bond acceptors (Lipinski definition) is 3. The zero-order chi connectivity index (χ0) is 12.8. The van der Waals surface area contributed by atoms with E-state index < -0.39 is 0 Å². The zero-order valence-corrected chi connectivity index (χ0v) is 11.3. The summed E-state index contributed by atoms with van der Waals surface area (Å²) in [7, 11) is 3.71. The molecule has 1 aromatic carbocycles. The fourth-order valence-corrected chi connectivity index (χ4v) is 2.55. The van der Waals surface area contributed by atoms with Crippen LogP contribution in [0.15, 0.2) is 24.3 Å². The molecule has 1 aliphatic rings. The van der Waals surface area contributed by atoms with E-state index in [1.165, 1.54) is 17.5 Å². The highest BCUT2D eigenvalue weighted by Crippen LogP contribution is 2.37. The van der Waals surface area contributed by atoms with Gasteiger partial charge in [-0.25, -0.2) is 0 Å². The van der Waals surface area contributed by atoms with Crippen molar-refractivity contribution in [1.29, 1.82) is 0 Å². The number of fused-ring (bicyclic) bond motifs is 1. The number of methoxy groups -OCH3 is 1.